The van der Waals surface area contributed by atoms with E-state index in [2.05, 4.69) is 38.6 Å². The van der Waals surface area contributed by atoms with Gasteiger partial charge in [-0.15, -0.1) is 0 Å². The van der Waals surface area contributed by atoms with Gasteiger partial charge in [0.05, 0.1) is 31.7 Å². The average molecular weight is 318 g/mol. The maximum atomic E-state index is 5.81. The van der Waals surface area contributed by atoms with Crippen LogP contribution in [0.1, 0.15) is 13.8 Å². The number of rotatable bonds is 2. The number of imidazole rings is 1. The second-order valence-corrected chi connectivity index (χ2v) is 6.21. The van der Waals surface area contributed by atoms with Crippen molar-refractivity contribution >= 4 is 22.9 Å². The lowest BCUT2D eigenvalue weighted by atomic mass is 10.2. The second kappa shape index (κ2) is 5.93. The number of fused-ring (bicyclic) bond motifs is 1. The third kappa shape index (κ3) is 2.84. The Balaban J connectivity index is 1.72. The first-order chi connectivity index (χ1) is 11.2. The molecule has 4 heterocycles. The Morgan fingerprint density at radius 3 is 2.57 bits per heavy atom. The molecule has 0 bridgehead atoms. The zero-order valence-electron chi connectivity index (χ0n) is 13.5. The molecule has 1 N–H and O–H groups in total. The summed E-state index contributed by atoms with van der Waals surface area (Å²) in [6.07, 6.45) is 2.02. The number of aromatic amines is 1. The van der Waals surface area contributed by atoms with E-state index < -0.39 is 0 Å². The predicted molar refractivity (Wildman–Crippen MR) is 86.9 cm³/mol. The van der Waals surface area contributed by atoms with Crippen LogP contribution in [-0.4, -0.2) is 71.5 Å². The quantitative estimate of drug-likeness (QED) is 0.877. The van der Waals surface area contributed by atoms with E-state index in [1.165, 1.54) is 0 Å². The van der Waals surface area contributed by atoms with Crippen molar-refractivity contribution in [1.82, 2.24) is 19.9 Å². The highest BCUT2D eigenvalue weighted by molar-refractivity contribution is 5.84. The molecule has 0 spiro atoms. The van der Waals surface area contributed by atoms with Crippen molar-refractivity contribution in [2.75, 3.05) is 49.2 Å². The molecule has 23 heavy (non-hydrogen) atoms. The number of ether oxygens (including phenoxy) is 2. The van der Waals surface area contributed by atoms with E-state index >= 15 is 0 Å². The normalized spacial score (nSPS) is 26.0. The van der Waals surface area contributed by atoms with E-state index in [0.717, 1.165) is 56.7 Å². The minimum atomic E-state index is 0.170. The van der Waals surface area contributed by atoms with Crippen molar-refractivity contribution in [2.45, 2.75) is 26.1 Å². The monoisotopic (exact) mass is 318 g/mol. The fourth-order valence-corrected chi connectivity index (χ4v) is 3.29. The number of nitrogens with zero attached hydrogens (tertiary/aromatic N) is 5. The molecule has 0 aromatic carbocycles. The maximum absolute atomic E-state index is 5.81. The van der Waals surface area contributed by atoms with Gasteiger partial charge in [0.15, 0.2) is 11.5 Å². The van der Waals surface area contributed by atoms with Crippen molar-refractivity contribution < 1.29 is 9.47 Å². The molecule has 2 aliphatic rings. The summed E-state index contributed by atoms with van der Waals surface area (Å²) in [5, 5.41) is 0. The number of hydrogen-bond acceptors (Lipinski definition) is 7. The summed E-state index contributed by atoms with van der Waals surface area (Å²) in [5.74, 6) is 1.64. The van der Waals surface area contributed by atoms with E-state index in [-0.39, 0.29) is 12.2 Å². The molecule has 2 aromatic rings. The fourth-order valence-electron chi connectivity index (χ4n) is 3.29. The van der Waals surface area contributed by atoms with E-state index in [4.69, 9.17) is 14.5 Å². The fraction of sp³-hybridized carbons (Fsp3) is 0.667. The molecular weight excluding hydrogens is 296 g/mol. The van der Waals surface area contributed by atoms with E-state index in [1.807, 2.05) is 0 Å². The molecule has 8 nitrogen and oxygen atoms in total. The van der Waals surface area contributed by atoms with Crippen LogP contribution in [0.2, 0.25) is 0 Å². The lowest BCUT2D eigenvalue weighted by Crippen LogP contribution is -2.46. The number of nitrogens with one attached hydrogen (secondary N) is 1. The highest BCUT2D eigenvalue weighted by Crippen LogP contribution is 2.26. The Morgan fingerprint density at radius 2 is 1.83 bits per heavy atom. The number of morpholine rings is 2. The summed E-state index contributed by atoms with van der Waals surface area (Å²) >= 11 is 0. The SMILES string of the molecule is C[C@@H]1CN(c2nc(N3CCOCC3)c3[nH]cnc3n2)C[C@H](C)O1. The van der Waals surface area contributed by atoms with Crippen LogP contribution in [0.3, 0.4) is 0 Å². The highest BCUT2D eigenvalue weighted by atomic mass is 16.5. The summed E-state index contributed by atoms with van der Waals surface area (Å²) in [5.41, 5.74) is 1.60. The Kier molecular flexibility index (Phi) is 3.78. The Hall–Kier alpha value is -1.93. The summed E-state index contributed by atoms with van der Waals surface area (Å²) in [6.45, 7) is 8.87. The van der Waals surface area contributed by atoms with Crippen LogP contribution >= 0.6 is 0 Å². The van der Waals surface area contributed by atoms with E-state index in [0.29, 0.717) is 5.65 Å². The van der Waals surface area contributed by atoms with E-state index in [1.54, 1.807) is 6.33 Å². The van der Waals surface area contributed by atoms with Gasteiger partial charge in [0, 0.05) is 26.2 Å². The van der Waals surface area contributed by atoms with Gasteiger partial charge >= 0.3 is 0 Å². The van der Waals surface area contributed by atoms with Gasteiger partial charge in [-0.25, -0.2) is 4.98 Å². The van der Waals surface area contributed by atoms with Gasteiger partial charge < -0.3 is 24.3 Å². The average Bonchev–Trinajstić information content (AvgIpc) is 3.02. The lowest BCUT2D eigenvalue weighted by Gasteiger charge is -2.36. The van der Waals surface area contributed by atoms with Gasteiger partial charge in [-0.05, 0) is 13.8 Å². The van der Waals surface area contributed by atoms with Crippen LogP contribution < -0.4 is 9.80 Å². The largest absolute Gasteiger partial charge is 0.378 e. The summed E-state index contributed by atoms with van der Waals surface area (Å²) in [6, 6.07) is 0. The van der Waals surface area contributed by atoms with Gasteiger partial charge in [-0.2, -0.15) is 9.97 Å². The van der Waals surface area contributed by atoms with Gasteiger partial charge in [-0.1, -0.05) is 0 Å². The first kappa shape index (κ1) is 14.6. The van der Waals surface area contributed by atoms with Gasteiger partial charge in [0.1, 0.15) is 5.52 Å². The van der Waals surface area contributed by atoms with Crippen molar-refractivity contribution in [1.29, 1.82) is 0 Å². The second-order valence-electron chi connectivity index (χ2n) is 6.21. The first-order valence-electron chi connectivity index (χ1n) is 8.15. The van der Waals surface area contributed by atoms with Crippen LogP contribution in [0.15, 0.2) is 6.33 Å². The van der Waals surface area contributed by atoms with Crippen LogP contribution in [0, 0.1) is 0 Å². The zero-order valence-corrected chi connectivity index (χ0v) is 13.5. The molecule has 0 radical (unpaired) electrons. The van der Waals surface area contributed by atoms with Crippen LogP contribution in [0.4, 0.5) is 11.8 Å². The number of hydrogen-bond donors (Lipinski definition) is 1. The van der Waals surface area contributed by atoms with Crippen LogP contribution in [0.5, 0.6) is 0 Å². The molecule has 8 heteroatoms. The minimum Gasteiger partial charge on any atom is -0.378 e. The Bertz CT molecular complexity index is 674. The molecule has 2 aromatic heterocycles. The molecule has 2 atom stereocenters. The summed E-state index contributed by atoms with van der Waals surface area (Å²) < 4.78 is 11.3. The highest BCUT2D eigenvalue weighted by Gasteiger charge is 2.26. The third-order valence-electron chi connectivity index (χ3n) is 4.27. The van der Waals surface area contributed by atoms with Crippen molar-refractivity contribution in [2.24, 2.45) is 0 Å². The van der Waals surface area contributed by atoms with Gasteiger partial charge in [-0.3, -0.25) is 0 Å². The molecule has 4 rings (SSSR count). The molecule has 0 amide bonds. The maximum Gasteiger partial charge on any atom is 0.229 e. The van der Waals surface area contributed by atoms with E-state index in [9.17, 15) is 0 Å². The standard InChI is InChI=1S/C15H22N6O2/c1-10-7-21(8-11(2)23-10)15-18-13-12(16-9-17-13)14(19-15)20-3-5-22-6-4-20/h9-11H,3-8H2,1-2H3,(H,16,17,18,19)/t10-,11+. The van der Waals surface area contributed by atoms with Crippen molar-refractivity contribution in [3.8, 4) is 0 Å². The number of anilines is 2. The molecule has 0 unspecified atom stereocenters. The number of aromatic nitrogens is 4. The molecule has 2 saturated heterocycles. The van der Waals surface area contributed by atoms with Crippen molar-refractivity contribution in [3.63, 3.8) is 0 Å². The third-order valence-corrected chi connectivity index (χ3v) is 4.27. The first-order valence-corrected chi connectivity index (χ1v) is 8.15. The molecule has 2 aliphatic heterocycles. The number of H-pyrrole nitrogens is 1. The summed E-state index contributed by atoms with van der Waals surface area (Å²) in [4.78, 5) is 21.4. The lowest BCUT2D eigenvalue weighted by molar-refractivity contribution is -0.00570. The minimum absolute atomic E-state index is 0.170. The van der Waals surface area contributed by atoms with Crippen molar-refractivity contribution in [3.05, 3.63) is 6.33 Å². The van der Waals surface area contributed by atoms with Gasteiger partial charge in [0.2, 0.25) is 5.95 Å². The molecule has 0 saturated carbocycles. The molecular formula is C15H22N6O2. The van der Waals surface area contributed by atoms with Crippen LogP contribution in [-0.2, 0) is 9.47 Å². The zero-order chi connectivity index (χ0) is 15.8. The molecule has 124 valence electrons. The molecule has 0 aliphatic carbocycles. The molecule has 2 fully saturated rings. The Labute approximate surface area is 134 Å². The smallest absolute Gasteiger partial charge is 0.229 e. The van der Waals surface area contributed by atoms with Gasteiger partial charge in [0.25, 0.3) is 0 Å². The van der Waals surface area contributed by atoms with Crippen LogP contribution in [0.25, 0.3) is 11.2 Å². The summed E-state index contributed by atoms with van der Waals surface area (Å²) in [7, 11) is 0. The Morgan fingerprint density at radius 1 is 1.09 bits per heavy atom. The predicted octanol–water partition coefficient (Wildman–Crippen LogP) is 0.803. The topological polar surface area (TPSA) is 79.4 Å².